The number of carbonyl (C=O) groups excluding carboxylic acids is 1. The van der Waals surface area contributed by atoms with Crippen LogP contribution < -0.4 is 11.1 Å². The van der Waals surface area contributed by atoms with Crippen molar-refractivity contribution in [1.29, 1.82) is 0 Å². The number of carbonyl (C=O) groups is 1. The Bertz CT molecular complexity index is 197. The first-order valence-corrected chi connectivity index (χ1v) is 4.14. The summed E-state index contributed by atoms with van der Waals surface area (Å²) in [6, 6.07) is 0. The van der Waals surface area contributed by atoms with Gasteiger partial charge < -0.3 is 11.1 Å². The minimum atomic E-state index is 0.0710. The second-order valence-corrected chi connectivity index (χ2v) is 2.78. The van der Waals surface area contributed by atoms with Crippen LogP contribution in [0, 0.1) is 5.92 Å². The minimum absolute atomic E-state index is 0.0710. The van der Waals surface area contributed by atoms with Gasteiger partial charge >= 0.3 is 0 Å². The van der Waals surface area contributed by atoms with E-state index >= 15 is 0 Å². The molecule has 3 N–H and O–H groups in total. The van der Waals surface area contributed by atoms with Gasteiger partial charge in [0.05, 0.1) is 0 Å². The van der Waals surface area contributed by atoms with Crippen molar-refractivity contribution < 1.29 is 4.79 Å². The highest BCUT2D eigenvalue weighted by Gasteiger charge is 2.08. The lowest BCUT2D eigenvalue weighted by atomic mass is 10.1. The Labute approximate surface area is 72.3 Å². The van der Waals surface area contributed by atoms with Gasteiger partial charge in [0.15, 0.2) is 0 Å². The predicted molar refractivity (Wildman–Crippen MR) is 48.5 cm³/mol. The number of allylic oxidation sites excluding steroid dienone is 4. The van der Waals surface area contributed by atoms with Gasteiger partial charge in [-0.25, -0.2) is 0 Å². The highest BCUT2D eigenvalue weighted by Crippen LogP contribution is 2.12. The Morgan fingerprint density at radius 2 is 2.08 bits per heavy atom. The van der Waals surface area contributed by atoms with Crippen molar-refractivity contribution in [2.24, 2.45) is 11.7 Å². The van der Waals surface area contributed by atoms with Gasteiger partial charge in [-0.2, -0.15) is 0 Å². The molecule has 12 heavy (non-hydrogen) atoms. The average molecular weight is 166 g/mol. The summed E-state index contributed by atoms with van der Waals surface area (Å²) >= 11 is 0. The normalized spacial score (nSPS) is 15.4. The van der Waals surface area contributed by atoms with Crippen LogP contribution in [0.2, 0.25) is 0 Å². The minimum Gasteiger partial charge on any atom is -0.355 e. The Morgan fingerprint density at radius 1 is 1.42 bits per heavy atom. The van der Waals surface area contributed by atoms with Crippen LogP contribution in [0.3, 0.4) is 0 Å². The van der Waals surface area contributed by atoms with E-state index in [0.29, 0.717) is 19.5 Å². The molecule has 3 nitrogen and oxygen atoms in total. The molecule has 0 bridgehead atoms. The van der Waals surface area contributed by atoms with Crippen LogP contribution in [0.5, 0.6) is 0 Å². The summed E-state index contributed by atoms with van der Waals surface area (Å²) < 4.78 is 0. The highest BCUT2D eigenvalue weighted by atomic mass is 16.1. The summed E-state index contributed by atoms with van der Waals surface area (Å²) in [5, 5.41) is 2.73. The first kappa shape index (κ1) is 9.00. The van der Waals surface area contributed by atoms with Gasteiger partial charge in [0.25, 0.3) is 0 Å². The van der Waals surface area contributed by atoms with Gasteiger partial charge in [-0.05, 0) is 0 Å². The van der Waals surface area contributed by atoms with Gasteiger partial charge in [-0.3, -0.25) is 4.79 Å². The van der Waals surface area contributed by atoms with E-state index in [-0.39, 0.29) is 11.8 Å². The molecule has 0 aliphatic heterocycles. The molecular weight excluding hydrogens is 152 g/mol. The zero-order valence-electron chi connectivity index (χ0n) is 6.99. The molecule has 3 heteroatoms. The number of nitrogens with one attached hydrogen (secondary N) is 1. The largest absolute Gasteiger partial charge is 0.355 e. The van der Waals surface area contributed by atoms with Crippen LogP contribution in [0.25, 0.3) is 0 Å². The standard InChI is InChI=1S/C9H14N2O/c10-5-6-11-9(12)7-8-3-1-2-4-8/h1-4,8H,5-7,10H2,(H,11,12). The molecule has 0 radical (unpaired) electrons. The molecule has 0 aromatic carbocycles. The van der Waals surface area contributed by atoms with Crippen LogP contribution in [-0.4, -0.2) is 19.0 Å². The monoisotopic (exact) mass is 166 g/mol. The molecule has 1 aliphatic rings. The number of rotatable bonds is 4. The van der Waals surface area contributed by atoms with Gasteiger partial charge in [0.1, 0.15) is 0 Å². The third-order valence-corrected chi connectivity index (χ3v) is 1.72. The Hall–Kier alpha value is -1.09. The smallest absolute Gasteiger partial charge is 0.220 e. The maximum absolute atomic E-state index is 11.1. The summed E-state index contributed by atoms with van der Waals surface area (Å²) in [4.78, 5) is 11.1. The Kier molecular flexibility index (Phi) is 3.54. The van der Waals surface area contributed by atoms with E-state index in [9.17, 15) is 4.79 Å². The fourth-order valence-electron chi connectivity index (χ4n) is 1.11. The summed E-state index contributed by atoms with van der Waals surface area (Å²) in [6.07, 6.45) is 8.48. The van der Waals surface area contributed by atoms with E-state index < -0.39 is 0 Å². The first-order chi connectivity index (χ1) is 5.83. The maximum Gasteiger partial charge on any atom is 0.220 e. The van der Waals surface area contributed by atoms with Crippen molar-refractivity contribution >= 4 is 5.91 Å². The quantitative estimate of drug-likeness (QED) is 0.626. The molecule has 66 valence electrons. The predicted octanol–water partition coefficient (Wildman–Crippen LogP) is 0.194. The molecule has 0 fully saturated rings. The summed E-state index contributed by atoms with van der Waals surface area (Å²) in [6.45, 7) is 1.07. The van der Waals surface area contributed by atoms with Gasteiger partial charge in [0, 0.05) is 25.4 Å². The molecule has 0 unspecified atom stereocenters. The van der Waals surface area contributed by atoms with E-state index in [1.54, 1.807) is 0 Å². The lowest BCUT2D eigenvalue weighted by Gasteiger charge is -2.05. The van der Waals surface area contributed by atoms with Crippen molar-refractivity contribution in [2.45, 2.75) is 6.42 Å². The fraction of sp³-hybridized carbons (Fsp3) is 0.444. The molecule has 1 amide bonds. The molecule has 1 aliphatic carbocycles. The Balaban J connectivity index is 2.17. The SMILES string of the molecule is NCCNC(=O)CC1C=CC=C1. The molecule has 0 aromatic rings. The Morgan fingerprint density at radius 3 is 2.67 bits per heavy atom. The van der Waals surface area contributed by atoms with E-state index in [1.807, 2.05) is 24.3 Å². The third-order valence-electron chi connectivity index (χ3n) is 1.72. The van der Waals surface area contributed by atoms with Crippen molar-refractivity contribution in [3.63, 3.8) is 0 Å². The van der Waals surface area contributed by atoms with Crippen molar-refractivity contribution in [3.05, 3.63) is 24.3 Å². The summed E-state index contributed by atoms with van der Waals surface area (Å²) in [7, 11) is 0. The van der Waals surface area contributed by atoms with E-state index in [2.05, 4.69) is 5.32 Å². The van der Waals surface area contributed by atoms with Gasteiger partial charge in [0.2, 0.25) is 5.91 Å². The number of hydrogen-bond acceptors (Lipinski definition) is 2. The van der Waals surface area contributed by atoms with Crippen LogP contribution in [-0.2, 0) is 4.79 Å². The topological polar surface area (TPSA) is 55.1 Å². The third kappa shape index (κ3) is 2.88. The molecule has 0 saturated carbocycles. The second-order valence-electron chi connectivity index (χ2n) is 2.78. The molecule has 0 saturated heterocycles. The fourth-order valence-corrected chi connectivity index (χ4v) is 1.11. The maximum atomic E-state index is 11.1. The highest BCUT2D eigenvalue weighted by molar-refractivity contribution is 5.76. The second kappa shape index (κ2) is 4.72. The molecule has 0 heterocycles. The van der Waals surface area contributed by atoms with Crippen LogP contribution in [0.4, 0.5) is 0 Å². The van der Waals surface area contributed by atoms with E-state index in [0.717, 1.165) is 0 Å². The van der Waals surface area contributed by atoms with Crippen molar-refractivity contribution in [2.75, 3.05) is 13.1 Å². The zero-order valence-corrected chi connectivity index (χ0v) is 6.99. The average Bonchev–Trinajstić information content (AvgIpc) is 2.53. The molecule has 0 aromatic heterocycles. The lowest BCUT2D eigenvalue weighted by Crippen LogP contribution is -2.29. The van der Waals surface area contributed by atoms with Crippen LogP contribution >= 0.6 is 0 Å². The lowest BCUT2D eigenvalue weighted by molar-refractivity contribution is -0.121. The van der Waals surface area contributed by atoms with E-state index in [4.69, 9.17) is 5.73 Å². The van der Waals surface area contributed by atoms with Gasteiger partial charge in [-0.15, -0.1) is 0 Å². The van der Waals surface area contributed by atoms with E-state index in [1.165, 1.54) is 0 Å². The molecule has 1 rings (SSSR count). The molecular formula is C9H14N2O. The van der Waals surface area contributed by atoms with Crippen LogP contribution in [0.1, 0.15) is 6.42 Å². The summed E-state index contributed by atoms with van der Waals surface area (Å²) in [5.74, 6) is 0.351. The zero-order chi connectivity index (χ0) is 8.81. The number of hydrogen-bond donors (Lipinski definition) is 2. The number of amides is 1. The van der Waals surface area contributed by atoms with Crippen LogP contribution in [0.15, 0.2) is 24.3 Å². The molecule has 0 spiro atoms. The van der Waals surface area contributed by atoms with Gasteiger partial charge in [-0.1, -0.05) is 24.3 Å². The first-order valence-electron chi connectivity index (χ1n) is 4.14. The number of nitrogens with two attached hydrogens (primary N) is 1. The van der Waals surface area contributed by atoms with Crippen molar-refractivity contribution in [1.82, 2.24) is 5.32 Å². The summed E-state index contributed by atoms with van der Waals surface area (Å²) in [5.41, 5.74) is 5.24. The van der Waals surface area contributed by atoms with Crippen molar-refractivity contribution in [3.8, 4) is 0 Å². The molecule has 0 atom stereocenters.